The fourth-order valence-electron chi connectivity index (χ4n) is 1.81. The Hall–Kier alpha value is -1.44. The number of sulfonamides is 1. The van der Waals surface area contributed by atoms with Gasteiger partial charge in [-0.2, -0.15) is 0 Å². The highest BCUT2D eigenvalue weighted by Crippen LogP contribution is 2.17. The van der Waals surface area contributed by atoms with Crippen LogP contribution in [0.3, 0.4) is 0 Å². The molecule has 0 spiro atoms. The number of hydrogen-bond acceptors (Lipinski definition) is 4. The number of ether oxygens (including phenoxy) is 1. The van der Waals surface area contributed by atoms with E-state index in [1.807, 2.05) is 6.92 Å². The highest BCUT2D eigenvalue weighted by molar-refractivity contribution is 7.89. The molecule has 2 unspecified atom stereocenters. The molecule has 1 aromatic carbocycles. The SMILES string of the molecule is COC(C)CCC(=O)NC(C)c1cccc(S(N)(=O)=O)c1. The van der Waals surface area contributed by atoms with E-state index in [0.29, 0.717) is 18.4 Å². The Kier molecular flexibility index (Phi) is 6.32. The average Bonchev–Trinajstić information content (AvgIpc) is 2.43. The fraction of sp³-hybridized carbons (Fsp3) is 0.500. The second-order valence-electron chi connectivity index (χ2n) is 4.99. The summed E-state index contributed by atoms with van der Waals surface area (Å²) < 4.78 is 27.7. The number of nitrogens with two attached hydrogens (primary N) is 1. The lowest BCUT2D eigenvalue weighted by Crippen LogP contribution is -2.27. The van der Waals surface area contributed by atoms with Crippen LogP contribution in [0, 0.1) is 0 Å². The van der Waals surface area contributed by atoms with Crippen LogP contribution in [0.2, 0.25) is 0 Å². The minimum absolute atomic E-state index is 0.0248. The molecule has 2 atom stereocenters. The standard InChI is InChI=1S/C14H22N2O4S/c1-10(20-3)7-8-14(17)16-11(2)12-5-4-6-13(9-12)21(15,18)19/h4-6,9-11H,7-8H2,1-3H3,(H,16,17)(H2,15,18,19). The molecular formula is C14H22N2O4S. The number of primary sulfonamides is 1. The van der Waals surface area contributed by atoms with Crippen molar-refractivity contribution in [3.8, 4) is 0 Å². The number of methoxy groups -OCH3 is 1. The van der Waals surface area contributed by atoms with Crippen molar-refractivity contribution in [1.82, 2.24) is 5.32 Å². The molecule has 3 N–H and O–H groups in total. The van der Waals surface area contributed by atoms with Gasteiger partial charge >= 0.3 is 0 Å². The van der Waals surface area contributed by atoms with Crippen molar-refractivity contribution >= 4 is 15.9 Å². The topological polar surface area (TPSA) is 98.5 Å². The molecule has 0 saturated heterocycles. The van der Waals surface area contributed by atoms with Crippen LogP contribution < -0.4 is 10.5 Å². The van der Waals surface area contributed by atoms with Crippen LogP contribution in [0.4, 0.5) is 0 Å². The summed E-state index contributed by atoms with van der Waals surface area (Å²) in [7, 11) is -2.14. The van der Waals surface area contributed by atoms with Crippen molar-refractivity contribution in [1.29, 1.82) is 0 Å². The monoisotopic (exact) mass is 314 g/mol. The Morgan fingerprint density at radius 3 is 2.62 bits per heavy atom. The molecule has 0 bridgehead atoms. The third kappa shape index (κ3) is 5.82. The number of benzene rings is 1. The molecule has 0 saturated carbocycles. The van der Waals surface area contributed by atoms with Crippen molar-refractivity contribution < 1.29 is 17.9 Å². The summed E-state index contributed by atoms with van der Waals surface area (Å²) in [6, 6.07) is 5.95. The lowest BCUT2D eigenvalue weighted by Gasteiger charge is -2.16. The molecule has 1 aromatic rings. The highest BCUT2D eigenvalue weighted by atomic mass is 32.2. The van der Waals surface area contributed by atoms with E-state index in [9.17, 15) is 13.2 Å². The minimum Gasteiger partial charge on any atom is -0.382 e. The van der Waals surface area contributed by atoms with Crippen LogP contribution in [0.5, 0.6) is 0 Å². The molecular weight excluding hydrogens is 292 g/mol. The van der Waals surface area contributed by atoms with Crippen molar-refractivity contribution in [2.24, 2.45) is 5.14 Å². The lowest BCUT2D eigenvalue weighted by atomic mass is 10.1. The summed E-state index contributed by atoms with van der Waals surface area (Å²) in [5, 5.41) is 7.92. The van der Waals surface area contributed by atoms with E-state index in [1.54, 1.807) is 26.2 Å². The van der Waals surface area contributed by atoms with Gasteiger partial charge in [-0.05, 0) is 38.0 Å². The van der Waals surface area contributed by atoms with E-state index in [0.717, 1.165) is 0 Å². The third-order valence-corrected chi connectivity index (χ3v) is 4.16. The molecule has 0 aliphatic rings. The number of amides is 1. The second-order valence-corrected chi connectivity index (χ2v) is 6.55. The zero-order valence-corrected chi connectivity index (χ0v) is 13.3. The Bertz CT molecular complexity index is 586. The van der Waals surface area contributed by atoms with Crippen LogP contribution in [-0.2, 0) is 19.6 Å². The number of carbonyl (C=O) groups excluding carboxylic acids is 1. The lowest BCUT2D eigenvalue weighted by molar-refractivity contribution is -0.122. The minimum atomic E-state index is -3.74. The maximum Gasteiger partial charge on any atom is 0.238 e. The number of carbonyl (C=O) groups is 1. The van der Waals surface area contributed by atoms with Gasteiger partial charge in [0.25, 0.3) is 0 Å². The normalized spacial score (nSPS) is 14.5. The van der Waals surface area contributed by atoms with Gasteiger partial charge in [-0.1, -0.05) is 12.1 Å². The van der Waals surface area contributed by atoms with E-state index in [-0.39, 0.29) is 22.9 Å². The molecule has 0 aliphatic heterocycles. The molecule has 0 aliphatic carbocycles. The number of nitrogens with one attached hydrogen (secondary N) is 1. The summed E-state index contributed by atoms with van der Waals surface area (Å²) in [4.78, 5) is 11.9. The summed E-state index contributed by atoms with van der Waals surface area (Å²) >= 11 is 0. The molecule has 0 radical (unpaired) electrons. The van der Waals surface area contributed by atoms with Crippen LogP contribution in [0.25, 0.3) is 0 Å². The molecule has 1 rings (SSSR count). The maximum absolute atomic E-state index is 11.8. The smallest absolute Gasteiger partial charge is 0.238 e. The fourth-order valence-corrected chi connectivity index (χ4v) is 2.38. The van der Waals surface area contributed by atoms with Crippen molar-refractivity contribution in [2.45, 2.75) is 43.7 Å². The molecule has 1 amide bonds. The van der Waals surface area contributed by atoms with E-state index < -0.39 is 10.0 Å². The van der Waals surface area contributed by atoms with Gasteiger partial charge in [0, 0.05) is 13.5 Å². The molecule has 21 heavy (non-hydrogen) atoms. The predicted molar refractivity (Wildman–Crippen MR) is 80.1 cm³/mol. The summed E-state index contributed by atoms with van der Waals surface area (Å²) in [6.45, 7) is 3.69. The van der Waals surface area contributed by atoms with Gasteiger partial charge in [-0.25, -0.2) is 13.6 Å². The Balaban J connectivity index is 2.67. The van der Waals surface area contributed by atoms with E-state index >= 15 is 0 Å². The predicted octanol–water partition coefficient (Wildman–Crippen LogP) is 1.33. The highest BCUT2D eigenvalue weighted by Gasteiger charge is 2.14. The molecule has 118 valence electrons. The zero-order chi connectivity index (χ0) is 16.0. The van der Waals surface area contributed by atoms with Gasteiger partial charge < -0.3 is 10.1 Å². The van der Waals surface area contributed by atoms with Gasteiger partial charge in [-0.15, -0.1) is 0 Å². The number of rotatable bonds is 7. The molecule has 0 aromatic heterocycles. The van der Waals surface area contributed by atoms with Gasteiger partial charge in [0.2, 0.25) is 15.9 Å². The quantitative estimate of drug-likeness (QED) is 0.793. The van der Waals surface area contributed by atoms with Gasteiger partial charge in [0.15, 0.2) is 0 Å². The van der Waals surface area contributed by atoms with E-state index in [2.05, 4.69) is 5.32 Å². The first-order valence-electron chi connectivity index (χ1n) is 6.69. The summed E-state index contributed by atoms with van der Waals surface area (Å²) in [5.41, 5.74) is 0.690. The van der Waals surface area contributed by atoms with Crippen molar-refractivity contribution in [2.75, 3.05) is 7.11 Å². The van der Waals surface area contributed by atoms with Crippen LogP contribution in [0.1, 0.15) is 38.3 Å². The molecule has 6 nitrogen and oxygen atoms in total. The molecule has 7 heteroatoms. The van der Waals surface area contributed by atoms with E-state index in [4.69, 9.17) is 9.88 Å². The summed E-state index contributed by atoms with van der Waals surface area (Å²) in [6.07, 6.45) is 1.01. The number of hydrogen-bond donors (Lipinski definition) is 2. The summed E-state index contributed by atoms with van der Waals surface area (Å²) in [5.74, 6) is -0.104. The molecule has 0 fully saturated rings. The van der Waals surface area contributed by atoms with Crippen LogP contribution in [0.15, 0.2) is 29.2 Å². The van der Waals surface area contributed by atoms with Crippen molar-refractivity contribution in [3.63, 3.8) is 0 Å². The second kappa shape index (κ2) is 7.53. The molecule has 0 heterocycles. The van der Waals surface area contributed by atoms with E-state index in [1.165, 1.54) is 12.1 Å². The Morgan fingerprint density at radius 2 is 2.05 bits per heavy atom. The first kappa shape index (κ1) is 17.6. The maximum atomic E-state index is 11.8. The first-order valence-corrected chi connectivity index (χ1v) is 8.23. The Labute approximate surface area is 125 Å². The first-order chi connectivity index (χ1) is 9.74. The van der Waals surface area contributed by atoms with Crippen LogP contribution in [-0.4, -0.2) is 27.5 Å². The Morgan fingerprint density at radius 1 is 1.38 bits per heavy atom. The largest absolute Gasteiger partial charge is 0.382 e. The van der Waals surface area contributed by atoms with Crippen molar-refractivity contribution in [3.05, 3.63) is 29.8 Å². The van der Waals surface area contributed by atoms with Crippen LogP contribution >= 0.6 is 0 Å². The third-order valence-electron chi connectivity index (χ3n) is 3.24. The van der Waals surface area contributed by atoms with Gasteiger partial charge in [0.1, 0.15) is 0 Å². The van der Waals surface area contributed by atoms with Gasteiger partial charge in [-0.3, -0.25) is 4.79 Å². The zero-order valence-electron chi connectivity index (χ0n) is 12.5. The van der Waals surface area contributed by atoms with Gasteiger partial charge in [0.05, 0.1) is 17.0 Å². The average molecular weight is 314 g/mol.